The SMILES string of the molecule is CC(C)n1nc(I)c2c1CC(C(=O)O)CC2. The van der Waals surface area contributed by atoms with Gasteiger partial charge in [0.15, 0.2) is 0 Å². The number of hydrogen-bond donors (Lipinski definition) is 1. The lowest BCUT2D eigenvalue weighted by atomic mass is 9.88. The van der Waals surface area contributed by atoms with Crippen LogP contribution in [0.4, 0.5) is 0 Å². The summed E-state index contributed by atoms with van der Waals surface area (Å²) in [7, 11) is 0. The molecule has 5 heteroatoms. The minimum absolute atomic E-state index is 0.238. The lowest BCUT2D eigenvalue weighted by Crippen LogP contribution is -2.24. The first kappa shape index (κ1) is 11.9. The van der Waals surface area contributed by atoms with Crippen LogP contribution < -0.4 is 0 Å². The maximum Gasteiger partial charge on any atom is 0.306 e. The van der Waals surface area contributed by atoms with Crippen molar-refractivity contribution in [1.29, 1.82) is 0 Å². The van der Waals surface area contributed by atoms with Gasteiger partial charge in [-0.15, -0.1) is 0 Å². The van der Waals surface area contributed by atoms with Gasteiger partial charge in [0.2, 0.25) is 0 Å². The molecule has 0 amide bonds. The quantitative estimate of drug-likeness (QED) is 0.844. The number of fused-ring (bicyclic) bond motifs is 1. The molecule has 0 aromatic carbocycles. The molecule has 88 valence electrons. The Hall–Kier alpha value is -0.590. The summed E-state index contributed by atoms with van der Waals surface area (Å²) in [5.41, 5.74) is 2.38. The normalized spacial score (nSPS) is 19.9. The van der Waals surface area contributed by atoms with E-state index in [9.17, 15) is 4.79 Å². The van der Waals surface area contributed by atoms with E-state index in [1.165, 1.54) is 5.56 Å². The van der Waals surface area contributed by atoms with Gasteiger partial charge in [0, 0.05) is 23.7 Å². The van der Waals surface area contributed by atoms with Crippen LogP contribution in [0.15, 0.2) is 0 Å². The number of carboxylic acids is 1. The molecule has 0 spiro atoms. The first-order valence-electron chi connectivity index (χ1n) is 5.49. The van der Waals surface area contributed by atoms with E-state index in [0.29, 0.717) is 12.5 Å². The van der Waals surface area contributed by atoms with Gasteiger partial charge in [-0.1, -0.05) is 0 Å². The molecule has 0 fully saturated rings. The highest BCUT2D eigenvalue weighted by molar-refractivity contribution is 14.1. The smallest absolute Gasteiger partial charge is 0.306 e. The Balaban J connectivity index is 2.38. The first-order valence-corrected chi connectivity index (χ1v) is 6.57. The number of hydrogen-bond acceptors (Lipinski definition) is 2. The van der Waals surface area contributed by atoms with Crippen LogP contribution in [0, 0.1) is 9.62 Å². The van der Waals surface area contributed by atoms with Crippen LogP contribution in [-0.2, 0) is 17.6 Å². The Morgan fingerprint density at radius 1 is 1.62 bits per heavy atom. The minimum Gasteiger partial charge on any atom is -0.481 e. The highest BCUT2D eigenvalue weighted by Gasteiger charge is 2.29. The molecule has 1 unspecified atom stereocenters. The zero-order valence-electron chi connectivity index (χ0n) is 9.40. The number of aromatic nitrogens is 2. The predicted molar refractivity (Wildman–Crippen MR) is 68.5 cm³/mol. The Bertz CT molecular complexity index is 426. The standard InChI is InChI=1S/C11H15IN2O2/c1-6(2)14-9-5-7(11(15)16)3-4-8(9)10(12)13-14/h6-7H,3-5H2,1-2H3,(H,15,16). The molecule has 0 radical (unpaired) electrons. The molecule has 1 aliphatic rings. The van der Waals surface area contributed by atoms with E-state index in [0.717, 1.165) is 22.2 Å². The Labute approximate surface area is 108 Å². The summed E-state index contributed by atoms with van der Waals surface area (Å²) in [6.07, 6.45) is 2.21. The maximum absolute atomic E-state index is 11.0. The first-order chi connectivity index (χ1) is 7.50. The summed E-state index contributed by atoms with van der Waals surface area (Å²) in [6.45, 7) is 4.15. The molecule has 0 aliphatic heterocycles. The average Bonchev–Trinajstić information content (AvgIpc) is 2.56. The second kappa shape index (κ2) is 4.35. The molecule has 1 atom stereocenters. The molecule has 4 nitrogen and oxygen atoms in total. The molecule has 1 aromatic rings. The molecule has 2 rings (SSSR count). The zero-order valence-corrected chi connectivity index (χ0v) is 11.6. The average molecular weight is 334 g/mol. The largest absolute Gasteiger partial charge is 0.481 e. The lowest BCUT2D eigenvalue weighted by molar-refractivity contribution is -0.142. The monoisotopic (exact) mass is 334 g/mol. The van der Waals surface area contributed by atoms with Gasteiger partial charge in [-0.2, -0.15) is 5.10 Å². The third kappa shape index (κ3) is 1.97. The number of halogens is 1. The van der Waals surface area contributed by atoms with Gasteiger partial charge in [0.05, 0.1) is 5.92 Å². The van der Waals surface area contributed by atoms with Gasteiger partial charge in [-0.05, 0) is 49.3 Å². The second-order valence-corrected chi connectivity index (χ2v) is 5.55. The number of nitrogens with zero attached hydrogens (tertiary/aromatic N) is 2. The Morgan fingerprint density at radius 2 is 2.31 bits per heavy atom. The molecule has 0 bridgehead atoms. The van der Waals surface area contributed by atoms with Gasteiger partial charge in [-0.25, -0.2) is 0 Å². The predicted octanol–water partition coefficient (Wildman–Crippen LogP) is 2.26. The van der Waals surface area contributed by atoms with Crippen LogP contribution in [0.3, 0.4) is 0 Å². The van der Waals surface area contributed by atoms with Crippen LogP contribution >= 0.6 is 22.6 Å². The third-order valence-electron chi connectivity index (χ3n) is 3.09. The summed E-state index contributed by atoms with van der Waals surface area (Å²) in [4.78, 5) is 11.0. The van der Waals surface area contributed by atoms with E-state index in [1.54, 1.807) is 0 Å². The number of aliphatic carboxylic acids is 1. The summed E-state index contributed by atoms with van der Waals surface area (Å²) in [5, 5.41) is 13.6. The molecule has 1 aromatic heterocycles. The van der Waals surface area contributed by atoms with Crippen molar-refractivity contribution >= 4 is 28.6 Å². The van der Waals surface area contributed by atoms with E-state index >= 15 is 0 Å². The van der Waals surface area contributed by atoms with Crippen LogP contribution in [0.1, 0.15) is 37.6 Å². The van der Waals surface area contributed by atoms with Gasteiger partial charge < -0.3 is 5.11 Å². The lowest BCUT2D eigenvalue weighted by Gasteiger charge is -2.21. The van der Waals surface area contributed by atoms with E-state index in [1.807, 2.05) is 4.68 Å². The molecular weight excluding hydrogens is 319 g/mol. The van der Waals surface area contributed by atoms with Crippen LogP contribution in [0.25, 0.3) is 0 Å². The highest BCUT2D eigenvalue weighted by Crippen LogP contribution is 2.30. The minimum atomic E-state index is -0.683. The highest BCUT2D eigenvalue weighted by atomic mass is 127. The van der Waals surface area contributed by atoms with Crippen molar-refractivity contribution in [3.05, 3.63) is 15.0 Å². The van der Waals surface area contributed by atoms with Gasteiger partial charge in [0.1, 0.15) is 3.70 Å². The molecule has 0 saturated carbocycles. The van der Waals surface area contributed by atoms with Gasteiger partial charge >= 0.3 is 5.97 Å². The van der Waals surface area contributed by atoms with Crippen molar-refractivity contribution in [2.24, 2.45) is 5.92 Å². The molecule has 1 N–H and O–H groups in total. The van der Waals surface area contributed by atoms with Crippen molar-refractivity contribution in [3.8, 4) is 0 Å². The fraction of sp³-hybridized carbons (Fsp3) is 0.636. The molecule has 16 heavy (non-hydrogen) atoms. The van der Waals surface area contributed by atoms with Crippen LogP contribution in [0.5, 0.6) is 0 Å². The van der Waals surface area contributed by atoms with Crippen molar-refractivity contribution in [2.75, 3.05) is 0 Å². The van der Waals surface area contributed by atoms with Crippen molar-refractivity contribution in [3.63, 3.8) is 0 Å². The topological polar surface area (TPSA) is 55.1 Å². The van der Waals surface area contributed by atoms with Gasteiger partial charge in [0.25, 0.3) is 0 Å². The molecule has 0 saturated heterocycles. The Morgan fingerprint density at radius 3 is 2.88 bits per heavy atom. The van der Waals surface area contributed by atoms with E-state index in [2.05, 4.69) is 41.5 Å². The summed E-state index contributed by atoms with van der Waals surface area (Å²) < 4.78 is 3.01. The number of carbonyl (C=O) groups is 1. The van der Waals surface area contributed by atoms with E-state index < -0.39 is 5.97 Å². The van der Waals surface area contributed by atoms with E-state index in [4.69, 9.17) is 5.11 Å². The number of rotatable bonds is 2. The maximum atomic E-state index is 11.0. The fourth-order valence-corrected chi connectivity index (χ4v) is 3.04. The van der Waals surface area contributed by atoms with Crippen LogP contribution in [0.2, 0.25) is 0 Å². The molecule has 1 aliphatic carbocycles. The number of carboxylic acid groups (broad SMARTS) is 1. The zero-order chi connectivity index (χ0) is 11.9. The van der Waals surface area contributed by atoms with Crippen molar-refractivity contribution in [1.82, 2.24) is 9.78 Å². The fourth-order valence-electron chi connectivity index (χ4n) is 2.23. The van der Waals surface area contributed by atoms with Crippen molar-refractivity contribution in [2.45, 2.75) is 39.2 Å². The summed E-state index contributed by atoms with van der Waals surface area (Å²) >= 11 is 2.24. The van der Waals surface area contributed by atoms with E-state index in [-0.39, 0.29) is 5.92 Å². The summed E-state index contributed by atoms with van der Waals surface area (Å²) in [6, 6.07) is 0.296. The Kier molecular flexibility index (Phi) is 3.23. The second-order valence-electron chi connectivity index (χ2n) is 4.53. The summed E-state index contributed by atoms with van der Waals surface area (Å²) in [5.74, 6) is -0.922. The third-order valence-corrected chi connectivity index (χ3v) is 3.96. The van der Waals surface area contributed by atoms with Gasteiger partial charge in [-0.3, -0.25) is 9.48 Å². The molecular formula is C11H15IN2O2. The van der Waals surface area contributed by atoms with Crippen molar-refractivity contribution < 1.29 is 9.90 Å². The van der Waals surface area contributed by atoms with Crippen LogP contribution in [-0.4, -0.2) is 20.9 Å². The molecule has 1 heterocycles.